The van der Waals surface area contributed by atoms with E-state index in [0.717, 1.165) is 15.4 Å². The van der Waals surface area contributed by atoms with E-state index in [1.807, 2.05) is 31.2 Å². The van der Waals surface area contributed by atoms with Crippen LogP contribution in [-0.2, 0) is 21.5 Å². The van der Waals surface area contributed by atoms with Gasteiger partial charge in [0.05, 0.1) is 0 Å². The van der Waals surface area contributed by atoms with Gasteiger partial charge < -0.3 is 15.0 Å². The highest BCUT2D eigenvalue weighted by molar-refractivity contribution is 7.88. The first kappa shape index (κ1) is 17.0. The Bertz CT molecular complexity index is 792. The predicted molar refractivity (Wildman–Crippen MR) is 86.3 cm³/mol. The minimum Gasteiger partial charge on any atom is -0.444 e. The second-order valence-electron chi connectivity index (χ2n) is 5.12. The zero-order valence-corrected chi connectivity index (χ0v) is 14.0. The van der Waals surface area contributed by atoms with Crippen molar-refractivity contribution in [3.8, 4) is 0 Å². The van der Waals surface area contributed by atoms with Gasteiger partial charge in [-0.15, -0.1) is 0 Å². The number of sulfonamides is 1. The molecule has 2 N–H and O–H groups in total. The molecule has 0 spiro atoms. The van der Waals surface area contributed by atoms with Gasteiger partial charge in [0.15, 0.2) is 12.4 Å². The molecule has 8 heteroatoms. The van der Waals surface area contributed by atoms with E-state index in [9.17, 15) is 8.42 Å². The summed E-state index contributed by atoms with van der Waals surface area (Å²) in [6.07, 6.45) is 0. The molecule has 0 atom stereocenters. The largest absolute Gasteiger partial charge is 0.444 e. The summed E-state index contributed by atoms with van der Waals surface area (Å²) in [6, 6.07) is 10.4. The van der Waals surface area contributed by atoms with Crippen LogP contribution in [0.25, 0.3) is 0 Å². The summed E-state index contributed by atoms with van der Waals surface area (Å²) in [6.45, 7) is 1.96. The third-order valence-electron chi connectivity index (χ3n) is 3.09. The van der Waals surface area contributed by atoms with Gasteiger partial charge in [-0.05, 0) is 19.1 Å². The lowest BCUT2D eigenvalue weighted by Gasteiger charge is -2.07. The average molecular weight is 337 g/mol. The summed E-state index contributed by atoms with van der Waals surface area (Å²) in [5.74, 6) is 0.573. The standard InChI is InChI=1S/C15H19N3O4S/c1-11-4-6-12(7-5-11)15(16)17-21-10-13-8-9-14(22-13)23(19,20)18(2)3/h4-9H,10H2,1-3H3,(H2,16,17). The molecule has 7 nitrogen and oxygen atoms in total. The Balaban J connectivity index is 2.00. The lowest BCUT2D eigenvalue weighted by Crippen LogP contribution is -2.21. The first-order chi connectivity index (χ1) is 10.8. The maximum Gasteiger partial charge on any atom is 0.275 e. The van der Waals surface area contributed by atoms with Crippen LogP contribution in [0.2, 0.25) is 0 Å². The lowest BCUT2D eigenvalue weighted by molar-refractivity contribution is 0.111. The highest BCUT2D eigenvalue weighted by Crippen LogP contribution is 2.17. The lowest BCUT2D eigenvalue weighted by atomic mass is 10.1. The number of aryl methyl sites for hydroxylation is 1. The van der Waals surface area contributed by atoms with Gasteiger partial charge in [-0.3, -0.25) is 0 Å². The number of oxime groups is 1. The molecule has 0 radical (unpaired) electrons. The van der Waals surface area contributed by atoms with Crippen molar-refractivity contribution >= 4 is 15.9 Å². The number of nitrogens with two attached hydrogens (primary N) is 1. The second kappa shape index (κ2) is 6.84. The molecule has 0 saturated carbocycles. The van der Waals surface area contributed by atoms with Gasteiger partial charge in [0, 0.05) is 19.7 Å². The van der Waals surface area contributed by atoms with Crippen molar-refractivity contribution in [1.29, 1.82) is 0 Å². The molecule has 1 aromatic heterocycles. The van der Waals surface area contributed by atoms with Crippen molar-refractivity contribution in [2.45, 2.75) is 18.6 Å². The molecule has 0 bridgehead atoms. The maximum absolute atomic E-state index is 11.9. The van der Waals surface area contributed by atoms with Crippen molar-refractivity contribution in [2.75, 3.05) is 14.1 Å². The van der Waals surface area contributed by atoms with Crippen LogP contribution in [0.1, 0.15) is 16.9 Å². The van der Waals surface area contributed by atoms with E-state index in [1.54, 1.807) is 0 Å². The SMILES string of the molecule is Cc1ccc(C(N)=NOCc2ccc(S(=O)(=O)N(C)C)o2)cc1. The quantitative estimate of drug-likeness (QED) is 0.491. The molecule has 0 unspecified atom stereocenters. The van der Waals surface area contributed by atoms with Gasteiger partial charge in [-0.25, -0.2) is 12.7 Å². The second-order valence-corrected chi connectivity index (χ2v) is 7.21. The van der Waals surface area contributed by atoms with Gasteiger partial charge in [-0.1, -0.05) is 35.0 Å². The number of hydrogen-bond acceptors (Lipinski definition) is 5. The highest BCUT2D eigenvalue weighted by Gasteiger charge is 2.21. The Labute approximate surface area is 135 Å². The smallest absolute Gasteiger partial charge is 0.275 e. The Kier molecular flexibility index (Phi) is 5.07. The zero-order valence-electron chi connectivity index (χ0n) is 13.2. The summed E-state index contributed by atoms with van der Waals surface area (Å²) < 4.78 is 30.1. The zero-order chi connectivity index (χ0) is 17.0. The molecule has 2 aromatic rings. The molecule has 0 saturated heterocycles. The molecule has 23 heavy (non-hydrogen) atoms. The number of furan rings is 1. The van der Waals surface area contributed by atoms with Crippen molar-refractivity contribution in [2.24, 2.45) is 10.9 Å². The molecule has 0 aliphatic carbocycles. The number of hydrogen-bond donors (Lipinski definition) is 1. The molecular weight excluding hydrogens is 318 g/mol. The Morgan fingerprint density at radius 2 is 1.87 bits per heavy atom. The van der Waals surface area contributed by atoms with Crippen LogP contribution in [0.15, 0.2) is 51.1 Å². The van der Waals surface area contributed by atoms with Crippen molar-refractivity contribution in [3.63, 3.8) is 0 Å². The molecule has 0 aliphatic heterocycles. The van der Waals surface area contributed by atoms with E-state index in [0.29, 0.717) is 5.76 Å². The topological polar surface area (TPSA) is 98.1 Å². The van der Waals surface area contributed by atoms with Crippen molar-refractivity contribution < 1.29 is 17.7 Å². The summed E-state index contributed by atoms with van der Waals surface area (Å²) in [7, 11) is -0.732. The first-order valence-electron chi connectivity index (χ1n) is 6.84. The number of benzene rings is 1. The van der Waals surface area contributed by atoms with Crippen LogP contribution in [0, 0.1) is 6.92 Å². The number of rotatable bonds is 6. The molecule has 124 valence electrons. The van der Waals surface area contributed by atoms with Gasteiger partial charge in [0.1, 0.15) is 5.76 Å². The van der Waals surface area contributed by atoms with Crippen LogP contribution >= 0.6 is 0 Å². The van der Waals surface area contributed by atoms with E-state index in [1.165, 1.54) is 26.2 Å². The molecule has 1 heterocycles. The monoisotopic (exact) mass is 337 g/mol. The number of nitrogens with zero attached hydrogens (tertiary/aromatic N) is 2. The summed E-state index contributed by atoms with van der Waals surface area (Å²) >= 11 is 0. The van der Waals surface area contributed by atoms with E-state index in [4.69, 9.17) is 15.0 Å². The minimum absolute atomic E-state index is 0.0183. The molecular formula is C15H19N3O4S. The first-order valence-corrected chi connectivity index (χ1v) is 8.28. The van der Waals surface area contributed by atoms with Crippen LogP contribution < -0.4 is 5.73 Å². The average Bonchev–Trinajstić information content (AvgIpc) is 2.97. The predicted octanol–water partition coefficient (Wildman–Crippen LogP) is 1.68. The van der Waals surface area contributed by atoms with E-state index in [2.05, 4.69) is 5.16 Å². The Morgan fingerprint density at radius 3 is 2.48 bits per heavy atom. The van der Waals surface area contributed by atoms with Gasteiger partial charge >= 0.3 is 0 Å². The van der Waals surface area contributed by atoms with E-state index < -0.39 is 10.0 Å². The minimum atomic E-state index is -3.59. The molecule has 0 aliphatic rings. The summed E-state index contributed by atoms with van der Waals surface area (Å²) in [5, 5.41) is 3.66. The summed E-state index contributed by atoms with van der Waals surface area (Å²) in [5.41, 5.74) is 7.68. The fraction of sp³-hybridized carbons (Fsp3) is 0.267. The Morgan fingerprint density at radius 1 is 1.22 bits per heavy atom. The summed E-state index contributed by atoms with van der Waals surface area (Å²) in [4.78, 5) is 5.11. The van der Waals surface area contributed by atoms with Crippen LogP contribution in [0.3, 0.4) is 0 Å². The fourth-order valence-electron chi connectivity index (χ4n) is 1.70. The van der Waals surface area contributed by atoms with Crippen LogP contribution in [-0.4, -0.2) is 32.7 Å². The van der Waals surface area contributed by atoms with Crippen molar-refractivity contribution in [1.82, 2.24) is 4.31 Å². The van der Waals surface area contributed by atoms with E-state index in [-0.39, 0.29) is 17.5 Å². The number of amidine groups is 1. The van der Waals surface area contributed by atoms with Gasteiger partial charge in [-0.2, -0.15) is 0 Å². The van der Waals surface area contributed by atoms with Crippen molar-refractivity contribution in [3.05, 3.63) is 53.3 Å². The van der Waals surface area contributed by atoms with E-state index >= 15 is 0 Å². The normalized spacial score (nSPS) is 12.6. The van der Waals surface area contributed by atoms with Crippen LogP contribution in [0.5, 0.6) is 0 Å². The molecule has 0 fully saturated rings. The molecule has 2 rings (SSSR count). The fourth-order valence-corrected chi connectivity index (χ4v) is 2.51. The highest BCUT2D eigenvalue weighted by atomic mass is 32.2. The van der Waals surface area contributed by atoms with Gasteiger partial charge in [0.2, 0.25) is 5.09 Å². The Hall–Kier alpha value is -2.32. The third kappa shape index (κ3) is 4.11. The van der Waals surface area contributed by atoms with Crippen LogP contribution in [0.4, 0.5) is 0 Å². The molecule has 1 aromatic carbocycles. The third-order valence-corrected chi connectivity index (χ3v) is 4.78. The van der Waals surface area contributed by atoms with Gasteiger partial charge in [0.25, 0.3) is 10.0 Å². The molecule has 0 amide bonds. The maximum atomic E-state index is 11.9.